The van der Waals surface area contributed by atoms with E-state index in [1.54, 1.807) is 0 Å². The fourth-order valence-electron chi connectivity index (χ4n) is 7.25. The van der Waals surface area contributed by atoms with Gasteiger partial charge in [0.1, 0.15) is 0 Å². The Morgan fingerprint density at radius 2 is 0.559 bits per heavy atom. The second-order valence-corrected chi connectivity index (χ2v) is 18.8. The summed E-state index contributed by atoms with van der Waals surface area (Å²) < 4.78 is 0. The molecule has 0 fully saturated rings. The molecule has 0 bridgehead atoms. The minimum atomic E-state index is -0.689. The number of aliphatic hydroxyl groups excluding tert-OH is 4. The SMILES string of the molecule is CCCCCC[C@@H](O)CC=CCCCCCCCC(=O)O.CCCCCC[C@@H](O)CC=CCCCCCCCC(=O)O.CCCCCC[C@@H](O)CC=CCCCCCCCC(=O)O.CCCCO. The Morgan fingerprint density at radius 3 is 0.779 bits per heavy atom. The van der Waals surface area contributed by atoms with Crippen molar-refractivity contribution in [2.24, 2.45) is 0 Å². The van der Waals surface area contributed by atoms with Gasteiger partial charge in [-0.3, -0.25) is 14.4 Å². The van der Waals surface area contributed by atoms with Gasteiger partial charge in [-0.15, -0.1) is 0 Å². The summed E-state index contributed by atoms with van der Waals surface area (Å²) in [4.78, 5) is 31.0. The summed E-state index contributed by atoms with van der Waals surface area (Å²) in [7, 11) is 0. The van der Waals surface area contributed by atoms with Crippen molar-refractivity contribution in [3.05, 3.63) is 36.5 Å². The predicted octanol–water partition coefficient (Wildman–Crippen LogP) is 16.0. The zero-order valence-electron chi connectivity index (χ0n) is 44.7. The number of carbonyl (C=O) groups is 3. The summed E-state index contributed by atoms with van der Waals surface area (Å²) in [5, 5.41) is 63.0. The number of carboxylic acid groups (broad SMARTS) is 3. The highest BCUT2D eigenvalue weighted by atomic mass is 16.4. The third-order valence-electron chi connectivity index (χ3n) is 11.7. The Kier molecular flexibility index (Phi) is 68.3. The molecule has 10 nitrogen and oxygen atoms in total. The van der Waals surface area contributed by atoms with Crippen LogP contribution in [0.25, 0.3) is 0 Å². The van der Waals surface area contributed by atoms with Crippen molar-refractivity contribution < 1.29 is 50.1 Å². The second kappa shape index (κ2) is 64.5. The van der Waals surface area contributed by atoms with Gasteiger partial charge in [0.05, 0.1) is 18.3 Å². The molecule has 0 aromatic heterocycles. The van der Waals surface area contributed by atoms with E-state index in [-0.39, 0.29) is 18.3 Å². The van der Waals surface area contributed by atoms with E-state index in [0.29, 0.717) is 25.9 Å². The highest BCUT2D eigenvalue weighted by Crippen LogP contribution is 2.14. The van der Waals surface area contributed by atoms with Crippen LogP contribution in [-0.4, -0.2) is 78.6 Å². The van der Waals surface area contributed by atoms with Crippen LogP contribution in [-0.2, 0) is 14.4 Å². The lowest BCUT2D eigenvalue weighted by Gasteiger charge is -2.07. The Morgan fingerprint density at radius 1 is 0.324 bits per heavy atom. The average Bonchev–Trinajstić information content (AvgIpc) is 3.30. The van der Waals surface area contributed by atoms with Crippen molar-refractivity contribution in [2.45, 2.75) is 309 Å². The maximum Gasteiger partial charge on any atom is 0.303 e. The zero-order chi connectivity index (χ0) is 51.4. The minimum absolute atomic E-state index is 0.172. The number of allylic oxidation sites excluding steroid dienone is 3. The fourth-order valence-corrected chi connectivity index (χ4v) is 7.25. The van der Waals surface area contributed by atoms with Gasteiger partial charge in [-0.1, -0.05) is 205 Å². The molecule has 404 valence electrons. The average molecular weight is 970 g/mol. The van der Waals surface area contributed by atoms with Crippen LogP contribution in [0.15, 0.2) is 36.5 Å². The highest BCUT2D eigenvalue weighted by molar-refractivity contribution is 5.67. The molecule has 0 unspecified atom stereocenters. The lowest BCUT2D eigenvalue weighted by atomic mass is 10.1. The van der Waals surface area contributed by atoms with Crippen LogP contribution in [0.3, 0.4) is 0 Å². The molecule has 0 spiro atoms. The van der Waals surface area contributed by atoms with E-state index >= 15 is 0 Å². The molecule has 0 amide bonds. The summed E-state index contributed by atoms with van der Waals surface area (Å²) >= 11 is 0. The molecule has 10 heteroatoms. The van der Waals surface area contributed by atoms with Crippen LogP contribution in [0.4, 0.5) is 0 Å². The van der Waals surface area contributed by atoms with Gasteiger partial charge in [0.25, 0.3) is 0 Å². The lowest BCUT2D eigenvalue weighted by Crippen LogP contribution is -2.04. The predicted molar refractivity (Wildman–Crippen MR) is 287 cm³/mol. The summed E-state index contributed by atoms with van der Waals surface area (Å²) in [5.41, 5.74) is 0. The Hall–Kier alpha value is -2.53. The normalized spacial score (nSPS) is 12.5. The molecule has 7 N–H and O–H groups in total. The van der Waals surface area contributed by atoms with E-state index in [1.807, 2.05) is 0 Å². The molecule has 0 saturated carbocycles. The van der Waals surface area contributed by atoms with Crippen molar-refractivity contribution in [1.29, 1.82) is 0 Å². The quantitative estimate of drug-likeness (QED) is 0.0228. The molecule has 0 aromatic rings. The second-order valence-electron chi connectivity index (χ2n) is 18.8. The van der Waals surface area contributed by atoms with Crippen molar-refractivity contribution in [1.82, 2.24) is 0 Å². The van der Waals surface area contributed by atoms with Crippen LogP contribution in [0.1, 0.15) is 291 Å². The summed E-state index contributed by atoms with van der Waals surface area (Å²) in [5.74, 6) is -2.07. The van der Waals surface area contributed by atoms with E-state index in [2.05, 4.69) is 64.2 Å². The zero-order valence-corrected chi connectivity index (χ0v) is 44.7. The first-order chi connectivity index (χ1) is 32.9. The Bertz CT molecular complexity index is 960. The number of hydrogen-bond donors (Lipinski definition) is 7. The van der Waals surface area contributed by atoms with E-state index < -0.39 is 17.9 Å². The van der Waals surface area contributed by atoms with Gasteiger partial charge in [-0.05, 0) is 103 Å². The van der Waals surface area contributed by atoms with Crippen LogP contribution < -0.4 is 0 Å². The van der Waals surface area contributed by atoms with Gasteiger partial charge in [0.2, 0.25) is 0 Å². The van der Waals surface area contributed by atoms with Gasteiger partial charge in [-0.2, -0.15) is 0 Å². The van der Waals surface area contributed by atoms with Crippen LogP contribution >= 0.6 is 0 Å². The standard InChI is InChI=1S/3C18H34O3.C4H10O/c3*1-2-3-4-11-14-17(19)15-12-9-7-5-6-8-10-13-16-18(20)21;1-2-3-4-5/h3*9,12,17,19H,2-8,10-11,13-16H2,1H3,(H,20,21);5H,2-4H2,1H3/t3*17-;/m111./s1. The molecule has 0 saturated heterocycles. The number of aliphatic carboxylic acids is 3. The molecule has 0 aliphatic heterocycles. The van der Waals surface area contributed by atoms with Crippen molar-refractivity contribution in [3.63, 3.8) is 0 Å². The molecule has 0 radical (unpaired) electrons. The number of unbranched alkanes of at least 4 members (excludes halogenated alkanes) is 25. The summed E-state index contributed by atoms with van der Waals surface area (Å²) in [6.07, 6.45) is 54.1. The number of carboxylic acids is 3. The fraction of sp³-hybridized carbons (Fsp3) is 0.845. The smallest absolute Gasteiger partial charge is 0.303 e. The minimum Gasteiger partial charge on any atom is -0.481 e. The lowest BCUT2D eigenvalue weighted by molar-refractivity contribution is -0.138. The Labute approximate surface area is 419 Å². The van der Waals surface area contributed by atoms with Gasteiger partial charge < -0.3 is 35.7 Å². The van der Waals surface area contributed by atoms with Gasteiger partial charge in [0.15, 0.2) is 0 Å². The highest BCUT2D eigenvalue weighted by Gasteiger charge is 2.04. The van der Waals surface area contributed by atoms with Crippen molar-refractivity contribution in [3.8, 4) is 0 Å². The van der Waals surface area contributed by atoms with Gasteiger partial charge in [-0.25, -0.2) is 0 Å². The molecular formula is C58H112O10. The summed E-state index contributed by atoms with van der Waals surface area (Å²) in [6.45, 7) is 8.99. The largest absolute Gasteiger partial charge is 0.481 e. The molecule has 0 aliphatic carbocycles. The third kappa shape index (κ3) is 77.7. The van der Waals surface area contributed by atoms with E-state index in [1.165, 1.54) is 77.0 Å². The maximum atomic E-state index is 10.3. The van der Waals surface area contributed by atoms with Gasteiger partial charge in [0, 0.05) is 25.9 Å². The first kappa shape index (κ1) is 72.0. The van der Waals surface area contributed by atoms with Crippen LogP contribution in [0, 0.1) is 0 Å². The molecule has 0 rings (SSSR count). The maximum absolute atomic E-state index is 10.3. The molecular weight excluding hydrogens is 857 g/mol. The first-order valence-electron chi connectivity index (χ1n) is 28.2. The first-order valence-corrected chi connectivity index (χ1v) is 28.2. The summed E-state index contributed by atoms with van der Waals surface area (Å²) in [6, 6.07) is 0. The molecule has 0 aromatic carbocycles. The Balaban J connectivity index is -0.000000429. The number of hydrogen-bond acceptors (Lipinski definition) is 7. The van der Waals surface area contributed by atoms with Crippen molar-refractivity contribution in [2.75, 3.05) is 6.61 Å². The van der Waals surface area contributed by atoms with Crippen molar-refractivity contribution >= 4 is 17.9 Å². The molecule has 0 aliphatic rings. The van der Waals surface area contributed by atoms with E-state index in [4.69, 9.17) is 20.4 Å². The van der Waals surface area contributed by atoms with E-state index in [0.717, 1.165) is 167 Å². The third-order valence-corrected chi connectivity index (χ3v) is 11.7. The van der Waals surface area contributed by atoms with E-state index in [9.17, 15) is 29.7 Å². The molecule has 68 heavy (non-hydrogen) atoms. The van der Waals surface area contributed by atoms with Crippen LogP contribution in [0.2, 0.25) is 0 Å². The van der Waals surface area contributed by atoms with Gasteiger partial charge >= 0.3 is 17.9 Å². The monoisotopic (exact) mass is 969 g/mol. The molecule has 3 atom stereocenters. The topological polar surface area (TPSA) is 193 Å². The number of rotatable bonds is 47. The van der Waals surface area contributed by atoms with Crippen LogP contribution in [0.5, 0.6) is 0 Å². The molecule has 0 heterocycles. The number of aliphatic hydroxyl groups is 4.